The Morgan fingerprint density at radius 3 is 2.53 bits per heavy atom. The molecule has 0 aliphatic heterocycles. The van der Waals surface area contributed by atoms with Crippen molar-refractivity contribution in [3.05, 3.63) is 29.8 Å². The Kier molecular flexibility index (Phi) is 3.68. The molecule has 0 radical (unpaired) electrons. The van der Waals surface area contributed by atoms with Gasteiger partial charge in [0, 0.05) is 7.05 Å². The molecule has 0 saturated carbocycles. The molecule has 5 nitrogen and oxygen atoms in total. The number of hydrogen-bond acceptors (Lipinski definition) is 3. The Balaban J connectivity index is 2.68. The first-order chi connectivity index (χ1) is 7.13. The van der Waals surface area contributed by atoms with Crippen LogP contribution in [-0.4, -0.2) is 31.4 Å². The van der Waals surface area contributed by atoms with Crippen molar-refractivity contribution in [1.29, 1.82) is 0 Å². The Morgan fingerprint density at radius 1 is 1.47 bits per heavy atom. The van der Waals surface area contributed by atoms with Crippen LogP contribution in [0.4, 0.5) is 4.79 Å². The number of hydrogen-bond donors (Lipinski definition) is 1. The third-order valence-corrected chi connectivity index (χ3v) is 1.81. The van der Waals surface area contributed by atoms with E-state index in [1.807, 2.05) is 24.3 Å². The van der Waals surface area contributed by atoms with E-state index in [9.17, 15) is 4.79 Å². The van der Waals surface area contributed by atoms with Crippen molar-refractivity contribution in [1.82, 2.24) is 5.01 Å². The SMILES string of the molecule is COc1ccc(/C=N/N(C)C(N)=O)cc1. The third kappa shape index (κ3) is 3.30. The maximum Gasteiger partial charge on any atom is 0.334 e. The average molecular weight is 207 g/mol. The highest BCUT2D eigenvalue weighted by atomic mass is 16.5. The van der Waals surface area contributed by atoms with Crippen LogP contribution in [0.5, 0.6) is 5.75 Å². The molecule has 0 spiro atoms. The average Bonchev–Trinajstić information content (AvgIpc) is 2.26. The van der Waals surface area contributed by atoms with E-state index >= 15 is 0 Å². The van der Waals surface area contributed by atoms with E-state index in [1.54, 1.807) is 13.3 Å². The maximum atomic E-state index is 10.6. The Bertz CT molecular complexity index is 359. The topological polar surface area (TPSA) is 67.9 Å². The molecule has 1 rings (SSSR count). The van der Waals surface area contributed by atoms with E-state index < -0.39 is 6.03 Å². The Labute approximate surface area is 88.1 Å². The van der Waals surface area contributed by atoms with Crippen LogP contribution in [0.15, 0.2) is 29.4 Å². The lowest BCUT2D eigenvalue weighted by molar-refractivity contribution is 0.220. The summed E-state index contributed by atoms with van der Waals surface area (Å²) in [5.41, 5.74) is 5.86. The van der Waals surface area contributed by atoms with Gasteiger partial charge in [-0.2, -0.15) is 5.10 Å². The Morgan fingerprint density at radius 2 is 2.07 bits per heavy atom. The number of hydrazone groups is 1. The molecule has 0 bridgehead atoms. The number of primary amides is 1. The van der Waals surface area contributed by atoms with E-state index in [0.717, 1.165) is 16.3 Å². The van der Waals surface area contributed by atoms with Crippen LogP contribution in [-0.2, 0) is 0 Å². The van der Waals surface area contributed by atoms with E-state index in [0.29, 0.717) is 0 Å². The normalized spacial score (nSPS) is 10.3. The number of rotatable bonds is 3. The lowest BCUT2D eigenvalue weighted by atomic mass is 10.2. The van der Waals surface area contributed by atoms with E-state index in [-0.39, 0.29) is 0 Å². The lowest BCUT2D eigenvalue weighted by Gasteiger charge is -2.05. The van der Waals surface area contributed by atoms with Gasteiger partial charge in [-0.3, -0.25) is 0 Å². The van der Waals surface area contributed by atoms with Gasteiger partial charge in [-0.05, 0) is 29.8 Å². The maximum absolute atomic E-state index is 10.6. The number of nitrogens with zero attached hydrogens (tertiary/aromatic N) is 2. The van der Waals surface area contributed by atoms with E-state index in [1.165, 1.54) is 7.05 Å². The van der Waals surface area contributed by atoms with Crippen molar-refractivity contribution in [3.8, 4) is 5.75 Å². The smallest absolute Gasteiger partial charge is 0.334 e. The molecule has 0 fully saturated rings. The molecule has 2 N–H and O–H groups in total. The number of methoxy groups -OCH3 is 1. The fourth-order valence-electron chi connectivity index (χ4n) is 0.900. The fourth-order valence-corrected chi connectivity index (χ4v) is 0.900. The fraction of sp³-hybridized carbons (Fsp3) is 0.200. The number of carbonyl (C=O) groups is 1. The van der Waals surface area contributed by atoms with Gasteiger partial charge in [0.2, 0.25) is 0 Å². The monoisotopic (exact) mass is 207 g/mol. The van der Waals surface area contributed by atoms with Crippen molar-refractivity contribution in [2.75, 3.05) is 14.2 Å². The minimum absolute atomic E-state index is 0.597. The van der Waals surface area contributed by atoms with Crippen LogP contribution in [0.1, 0.15) is 5.56 Å². The summed E-state index contributed by atoms with van der Waals surface area (Å²) in [7, 11) is 3.09. The molecule has 0 heterocycles. The minimum atomic E-state index is -0.597. The van der Waals surface area contributed by atoms with Crippen LogP contribution in [0.2, 0.25) is 0 Å². The lowest BCUT2D eigenvalue weighted by Crippen LogP contribution is -2.27. The van der Waals surface area contributed by atoms with E-state index in [4.69, 9.17) is 10.5 Å². The summed E-state index contributed by atoms with van der Waals surface area (Å²) in [6.45, 7) is 0. The summed E-state index contributed by atoms with van der Waals surface area (Å²) in [5.74, 6) is 0.774. The predicted molar refractivity (Wildman–Crippen MR) is 57.9 cm³/mol. The van der Waals surface area contributed by atoms with Gasteiger partial charge in [-0.1, -0.05) is 0 Å². The molecule has 5 heteroatoms. The number of benzene rings is 1. The van der Waals surface area contributed by atoms with Crippen LogP contribution >= 0.6 is 0 Å². The van der Waals surface area contributed by atoms with Crippen LogP contribution in [0.25, 0.3) is 0 Å². The van der Waals surface area contributed by atoms with Crippen LogP contribution in [0, 0.1) is 0 Å². The first kappa shape index (κ1) is 11.0. The summed E-state index contributed by atoms with van der Waals surface area (Å²) in [6.07, 6.45) is 1.55. The summed E-state index contributed by atoms with van der Waals surface area (Å²) in [4.78, 5) is 10.6. The number of carbonyl (C=O) groups excluding carboxylic acids is 1. The van der Waals surface area contributed by atoms with Crippen molar-refractivity contribution in [3.63, 3.8) is 0 Å². The summed E-state index contributed by atoms with van der Waals surface area (Å²) in [6, 6.07) is 6.69. The van der Waals surface area contributed by atoms with Gasteiger partial charge in [0.25, 0.3) is 0 Å². The highest BCUT2D eigenvalue weighted by molar-refractivity contribution is 5.81. The van der Waals surface area contributed by atoms with Gasteiger partial charge >= 0.3 is 6.03 Å². The summed E-state index contributed by atoms with van der Waals surface area (Å²) >= 11 is 0. The molecule has 0 saturated heterocycles. The molecule has 80 valence electrons. The van der Waals surface area contributed by atoms with Crippen molar-refractivity contribution in [2.45, 2.75) is 0 Å². The molecule has 1 aromatic carbocycles. The number of amides is 2. The molecule has 0 unspecified atom stereocenters. The highest BCUT2D eigenvalue weighted by Gasteiger charge is 1.97. The largest absolute Gasteiger partial charge is 0.497 e. The number of nitrogens with two attached hydrogens (primary N) is 1. The second-order valence-electron chi connectivity index (χ2n) is 2.88. The third-order valence-electron chi connectivity index (χ3n) is 1.81. The molecule has 15 heavy (non-hydrogen) atoms. The number of ether oxygens (including phenoxy) is 1. The first-order valence-corrected chi connectivity index (χ1v) is 4.34. The standard InChI is InChI=1S/C10H13N3O2/c1-13(10(11)14)12-7-8-3-5-9(15-2)6-4-8/h3-7H,1-2H3,(H2,11,14)/b12-7+. The predicted octanol–water partition coefficient (Wildman–Crippen LogP) is 1.04. The zero-order valence-electron chi connectivity index (χ0n) is 8.68. The van der Waals surface area contributed by atoms with Gasteiger partial charge in [0.05, 0.1) is 13.3 Å². The van der Waals surface area contributed by atoms with Gasteiger partial charge in [-0.15, -0.1) is 0 Å². The van der Waals surface area contributed by atoms with Crippen LogP contribution in [0.3, 0.4) is 0 Å². The Hall–Kier alpha value is -2.04. The molecular weight excluding hydrogens is 194 g/mol. The summed E-state index contributed by atoms with van der Waals surface area (Å²) < 4.78 is 5.00. The zero-order chi connectivity index (χ0) is 11.3. The molecule has 2 amide bonds. The molecule has 0 atom stereocenters. The molecule has 1 aromatic rings. The molecule has 0 aromatic heterocycles. The van der Waals surface area contributed by atoms with Gasteiger partial charge < -0.3 is 10.5 Å². The quantitative estimate of drug-likeness (QED) is 0.594. The van der Waals surface area contributed by atoms with Crippen molar-refractivity contribution < 1.29 is 9.53 Å². The highest BCUT2D eigenvalue weighted by Crippen LogP contribution is 2.09. The van der Waals surface area contributed by atoms with Crippen LogP contribution < -0.4 is 10.5 Å². The second kappa shape index (κ2) is 4.99. The van der Waals surface area contributed by atoms with Gasteiger partial charge in [-0.25, -0.2) is 9.80 Å². The minimum Gasteiger partial charge on any atom is -0.497 e. The molecule has 0 aliphatic carbocycles. The van der Waals surface area contributed by atoms with Gasteiger partial charge in [0.15, 0.2) is 0 Å². The number of urea groups is 1. The van der Waals surface area contributed by atoms with E-state index in [2.05, 4.69) is 5.10 Å². The van der Waals surface area contributed by atoms with Crippen molar-refractivity contribution in [2.24, 2.45) is 10.8 Å². The van der Waals surface area contributed by atoms with Gasteiger partial charge in [0.1, 0.15) is 5.75 Å². The molecule has 0 aliphatic rings. The van der Waals surface area contributed by atoms with Crippen molar-refractivity contribution >= 4 is 12.2 Å². The second-order valence-corrected chi connectivity index (χ2v) is 2.88. The zero-order valence-corrected chi connectivity index (χ0v) is 8.68. The first-order valence-electron chi connectivity index (χ1n) is 4.34. The summed E-state index contributed by atoms with van der Waals surface area (Å²) in [5, 5.41) is 4.90. The molecular formula is C10H13N3O2.